The van der Waals surface area contributed by atoms with E-state index in [1.807, 2.05) is 0 Å². The van der Waals surface area contributed by atoms with Gasteiger partial charge in [-0.15, -0.1) is 0 Å². The zero-order valence-corrected chi connectivity index (χ0v) is 12.6. The predicted molar refractivity (Wildman–Crippen MR) is 78.0 cm³/mol. The lowest BCUT2D eigenvalue weighted by Gasteiger charge is -2.04. The maximum absolute atomic E-state index is 11.8. The first-order valence-electron chi connectivity index (χ1n) is 6.14. The van der Waals surface area contributed by atoms with E-state index in [2.05, 4.69) is 4.99 Å². The van der Waals surface area contributed by atoms with Gasteiger partial charge in [-0.3, -0.25) is 9.59 Å². The fourth-order valence-corrected chi connectivity index (χ4v) is 2.70. The Kier molecular flexibility index (Phi) is 4.23. The molecule has 0 bridgehead atoms. The van der Waals surface area contributed by atoms with Gasteiger partial charge in [0.2, 0.25) is 11.8 Å². The number of aryl methyl sites for hydroxylation is 1. The summed E-state index contributed by atoms with van der Waals surface area (Å²) < 4.78 is 6.33. The van der Waals surface area contributed by atoms with Crippen molar-refractivity contribution in [3.05, 3.63) is 33.9 Å². The highest BCUT2D eigenvalue weighted by atomic mass is 32.1. The Balaban J connectivity index is 2.64. The van der Waals surface area contributed by atoms with Gasteiger partial charge in [-0.25, -0.2) is 9.56 Å². The molecule has 0 aliphatic carbocycles. The maximum Gasteiger partial charge on any atom is 0.309 e. The molecular weight excluding hydrogens is 292 g/mol. The van der Waals surface area contributed by atoms with Crippen LogP contribution in [0.4, 0.5) is 5.69 Å². The fraction of sp³-hybridized carbons (Fsp3) is 0.214. The molecule has 1 aromatic carbocycles. The quantitative estimate of drug-likeness (QED) is 0.864. The van der Waals surface area contributed by atoms with E-state index in [1.54, 1.807) is 19.1 Å². The molecule has 0 fully saturated rings. The third kappa shape index (κ3) is 3.38. The van der Waals surface area contributed by atoms with Gasteiger partial charge in [0, 0.05) is 19.9 Å². The second kappa shape index (κ2) is 5.92. The number of phenols is 1. The summed E-state index contributed by atoms with van der Waals surface area (Å²) in [4.78, 5) is 28.3. The molecule has 0 aliphatic rings. The molecule has 0 radical (unpaired) electrons. The first kappa shape index (κ1) is 15.0. The fourth-order valence-electron chi connectivity index (χ4n) is 1.75. The highest BCUT2D eigenvalue weighted by molar-refractivity contribution is 7.09. The number of ether oxygens (including phenoxy) is 1. The lowest BCUT2D eigenvalue weighted by atomic mass is 10.3. The van der Waals surface area contributed by atoms with Crippen LogP contribution in [-0.2, 0) is 4.79 Å². The molecule has 0 spiro atoms. The molecular formula is C14H14N2O4S. The summed E-state index contributed by atoms with van der Waals surface area (Å²) in [5.74, 6) is -0.553. The molecule has 21 heavy (non-hydrogen) atoms. The molecule has 0 atom stereocenters. The van der Waals surface area contributed by atoms with Gasteiger partial charge in [-0.1, -0.05) is 17.4 Å². The van der Waals surface area contributed by atoms with Gasteiger partial charge in [0.05, 0.1) is 10.6 Å². The van der Waals surface area contributed by atoms with E-state index >= 15 is 0 Å². The number of hydrogen-bond acceptors (Lipinski definition) is 6. The Morgan fingerprint density at radius 1 is 1.33 bits per heavy atom. The highest BCUT2D eigenvalue weighted by Gasteiger charge is 2.17. The second-order valence-electron chi connectivity index (χ2n) is 4.33. The van der Waals surface area contributed by atoms with Crippen LogP contribution in [0.25, 0.3) is 0 Å². The number of esters is 1. The Morgan fingerprint density at radius 2 is 2.05 bits per heavy atom. The number of aromatic nitrogens is 1. The Morgan fingerprint density at radius 3 is 2.62 bits per heavy atom. The minimum absolute atomic E-state index is 0.0825. The number of aromatic hydroxyl groups is 1. The zero-order chi connectivity index (χ0) is 15.6. The van der Waals surface area contributed by atoms with Gasteiger partial charge in [0.1, 0.15) is 5.75 Å². The van der Waals surface area contributed by atoms with E-state index in [4.69, 9.17) is 4.74 Å². The standard InChI is InChI=1S/C14H14N2O4S/c1-8-13(20-10(3)18)16(9(2)17)14(21-8)15-11-5-4-6-12(19)7-11/h4-7,19H,1-3H3. The van der Waals surface area contributed by atoms with Crippen molar-refractivity contribution in [1.82, 2.24) is 4.57 Å². The van der Waals surface area contributed by atoms with E-state index < -0.39 is 5.97 Å². The summed E-state index contributed by atoms with van der Waals surface area (Å²) in [6, 6.07) is 6.36. The number of carbonyl (C=O) groups is 2. The summed E-state index contributed by atoms with van der Waals surface area (Å²) in [5, 5.41) is 9.45. The van der Waals surface area contributed by atoms with Crippen LogP contribution in [0.15, 0.2) is 29.3 Å². The zero-order valence-electron chi connectivity index (χ0n) is 11.8. The minimum Gasteiger partial charge on any atom is -0.508 e. The molecule has 6 nitrogen and oxygen atoms in total. The van der Waals surface area contributed by atoms with Crippen molar-refractivity contribution >= 4 is 28.9 Å². The van der Waals surface area contributed by atoms with E-state index in [0.29, 0.717) is 15.4 Å². The van der Waals surface area contributed by atoms with Crippen LogP contribution >= 0.6 is 11.3 Å². The molecule has 1 N–H and O–H groups in total. The highest BCUT2D eigenvalue weighted by Crippen LogP contribution is 2.22. The molecule has 1 heterocycles. The average Bonchev–Trinajstić information content (AvgIpc) is 2.65. The van der Waals surface area contributed by atoms with E-state index in [0.717, 1.165) is 0 Å². The van der Waals surface area contributed by atoms with Crippen LogP contribution < -0.4 is 9.54 Å². The SMILES string of the molecule is CC(=O)Oc1c(C)sc(=Nc2cccc(O)c2)n1C(C)=O. The maximum atomic E-state index is 11.8. The summed E-state index contributed by atoms with van der Waals surface area (Å²) >= 11 is 1.23. The lowest BCUT2D eigenvalue weighted by Crippen LogP contribution is -2.22. The first-order chi connectivity index (χ1) is 9.88. The number of phenolic OH excluding ortho intramolecular Hbond substituents is 1. The van der Waals surface area contributed by atoms with Crippen LogP contribution in [0, 0.1) is 6.92 Å². The largest absolute Gasteiger partial charge is 0.508 e. The lowest BCUT2D eigenvalue weighted by molar-refractivity contribution is -0.132. The van der Waals surface area contributed by atoms with E-state index in [9.17, 15) is 14.7 Å². The molecule has 0 unspecified atom stereocenters. The van der Waals surface area contributed by atoms with Crippen molar-refractivity contribution < 1.29 is 19.4 Å². The first-order valence-corrected chi connectivity index (χ1v) is 6.95. The molecule has 0 saturated carbocycles. The molecule has 0 aliphatic heterocycles. The molecule has 2 rings (SSSR count). The van der Waals surface area contributed by atoms with Gasteiger partial charge in [-0.2, -0.15) is 0 Å². The Labute approximate surface area is 125 Å². The summed E-state index contributed by atoms with van der Waals surface area (Å²) in [5.41, 5.74) is 0.501. The van der Waals surface area contributed by atoms with Gasteiger partial charge < -0.3 is 9.84 Å². The van der Waals surface area contributed by atoms with Crippen molar-refractivity contribution in [3.8, 4) is 11.6 Å². The van der Waals surface area contributed by atoms with Gasteiger partial charge >= 0.3 is 5.97 Å². The van der Waals surface area contributed by atoms with Crippen LogP contribution in [0.3, 0.4) is 0 Å². The van der Waals surface area contributed by atoms with Crippen LogP contribution in [0.1, 0.15) is 23.5 Å². The van der Waals surface area contributed by atoms with Crippen molar-refractivity contribution in [2.75, 3.05) is 0 Å². The summed E-state index contributed by atoms with van der Waals surface area (Å²) in [6.07, 6.45) is 0. The molecule has 0 amide bonds. The Hall–Kier alpha value is -2.41. The topological polar surface area (TPSA) is 80.9 Å². The summed E-state index contributed by atoms with van der Waals surface area (Å²) in [6.45, 7) is 4.37. The number of carbonyl (C=O) groups excluding carboxylic acids is 2. The molecule has 110 valence electrons. The van der Waals surface area contributed by atoms with Crippen LogP contribution in [-0.4, -0.2) is 21.6 Å². The summed E-state index contributed by atoms with van der Waals surface area (Å²) in [7, 11) is 0. The number of nitrogens with zero attached hydrogens (tertiary/aromatic N) is 2. The third-order valence-corrected chi connectivity index (χ3v) is 3.49. The average molecular weight is 306 g/mol. The number of benzene rings is 1. The molecule has 1 aromatic heterocycles. The number of hydrogen-bond donors (Lipinski definition) is 1. The Bertz CT molecular complexity index is 774. The predicted octanol–water partition coefficient (Wildman–Crippen LogP) is 2.38. The molecule has 2 aromatic rings. The second-order valence-corrected chi connectivity index (χ2v) is 5.51. The van der Waals surface area contributed by atoms with E-state index in [-0.39, 0.29) is 17.5 Å². The van der Waals surface area contributed by atoms with E-state index in [1.165, 1.54) is 41.9 Å². The van der Waals surface area contributed by atoms with Crippen molar-refractivity contribution in [3.63, 3.8) is 0 Å². The smallest absolute Gasteiger partial charge is 0.309 e. The normalized spacial score (nSPS) is 11.5. The van der Waals surface area contributed by atoms with Crippen LogP contribution in [0.2, 0.25) is 0 Å². The molecule has 7 heteroatoms. The van der Waals surface area contributed by atoms with Gasteiger partial charge in [-0.05, 0) is 19.1 Å². The van der Waals surface area contributed by atoms with Crippen molar-refractivity contribution in [2.24, 2.45) is 4.99 Å². The third-order valence-electron chi connectivity index (χ3n) is 2.55. The van der Waals surface area contributed by atoms with Crippen LogP contribution in [0.5, 0.6) is 11.6 Å². The number of rotatable bonds is 2. The monoisotopic (exact) mass is 306 g/mol. The van der Waals surface area contributed by atoms with Crippen molar-refractivity contribution in [1.29, 1.82) is 0 Å². The van der Waals surface area contributed by atoms with Gasteiger partial charge in [0.15, 0.2) is 4.80 Å². The molecule has 0 saturated heterocycles. The van der Waals surface area contributed by atoms with Crippen molar-refractivity contribution in [2.45, 2.75) is 20.8 Å². The number of thiazole rings is 1. The minimum atomic E-state index is -0.505. The van der Waals surface area contributed by atoms with Gasteiger partial charge in [0.25, 0.3) is 0 Å².